The fourth-order valence-corrected chi connectivity index (χ4v) is 2.28. The van der Waals surface area contributed by atoms with Gasteiger partial charge in [0.15, 0.2) is 0 Å². The van der Waals surface area contributed by atoms with Gasteiger partial charge in [0.2, 0.25) is 0 Å². The maximum absolute atomic E-state index is 9.81. The van der Waals surface area contributed by atoms with Crippen LogP contribution >= 0.6 is 0 Å². The molecule has 0 bridgehead atoms. The molecule has 0 atom stereocenters. The van der Waals surface area contributed by atoms with Gasteiger partial charge in [0.05, 0.1) is 0 Å². The molecule has 1 aromatic rings. The summed E-state index contributed by atoms with van der Waals surface area (Å²) in [5.41, 5.74) is 2.45. The molecule has 0 aromatic heterocycles. The molecule has 1 aromatic carbocycles. The summed E-state index contributed by atoms with van der Waals surface area (Å²) in [4.78, 5) is 0. The molecule has 0 aliphatic heterocycles. The summed E-state index contributed by atoms with van der Waals surface area (Å²) in [6.45, 7) is 6.73. The van der Waals surface area contributed by atoms with Crippen LogP contribution in [-0.2, 0) is 12.8 Å². The van der Waals surface area contributed by atoms with Crippen molar-refractivity contribution in [1.29, 1.82) is 0 Å². The Morgan fingerprint density at radius 1 is 1.06 bits per heavy atom. The lowest BCUT2D eigenvalue weighted by Gasteiger charge is -2.07. The molecule has 1 heteroatoms. The van der Waals surface area contributed by atoms with E-state index in [4.69, 9.17) is 0 Å². The predicted octanol–water partition coefficient (Wildman–Crippen LogP) is 5.10. The van der Waals surface area contributed by atoms with Crippen molar-refractivity contribution in [1.82, 2.24) is 0 Å². The highest BCUT2D eigenvalue weighted by molar-refractivity contribution is 5.36. The van der Waals surface area contributed by atoms with Gasteiger partial charge >= 0.3 is 0 Å². The molecule has 1 N–H and O–H groups in total. The van der Waals surface area contributed by atoms with Gasteiger partial charge in [-0.25, -0.2) is 0 Å². The van der Waals surface area contributed by atoms with E-state index in [0.717, 1.165) is 24.3 Å². The SMILES string of the molecule is CCc1ccc(O)c(CCCCCCC(C)C)c1. The largest absolute Gasteiger partial charge is 0.508 e. The standard InChI is InChI=1S/C17H28O/c1-4-15-11-12-17(18)16(13-15)10-8-6-5-7-9-14(2)3/h11-14,18H,4-10H2,1-3H3. The van der Waals surface area contributed by atoms with E-state index in [-0.39, 0.29) is 0 Å². The quantitative estimate of drug-likeness (QED) is 0.634. The maximum Gasteiger partial charge on any atom is 0.118 e. The third kappa shape index (κ3) is 5.57. The van der Waals surface area contributed by atoms with Crippen LogP contribution in [0.5, 0.6) is 5.75 Å². The van der Waals surface area contributed by atoms with Crippen molar-refractivity contribution in [2.75, 3.05) is 0 Å². The molecule has 18 heavy (non-hydrogen) atoms. The zero-order valence-electron chi connectivity index (χ0n) is 12.2. The van der Waals surface area contributed by atoms with E-state index in [1.54, 1.807) is 0 Å². The number of hydrogen-bond donors (Lipinski definition) is 1. The molecule has 1 nitrogen and oxygen atoms in total. The average Bonchev–Trinajstić information content (AvgIpc) is 2.35. The van der Waals surface area contributed by atoms with Crippen LogP contribution in [0, 0.1) is 5.92 Å². The van der Waals surface area contributed by atoms with Crippen LogP contribution in [-0.4, -0.2) is 5.11 Å². The van der Waals surface area contributed by atoms with Gasteiger partial charge in [-0.15, -0.1) is 0 Å². The third-order valence-corrected chi connectivity index (χ3v) is 3.53. The van der Waals surface area contributed by atoms with Gasteiger partial charge in [0, 0.05) is 0 Å². The lowest BCUT2D eigenvalue weighted by molar-refractivity contribution is 0.465. The summed E-state index contributed by atoms with van der Waals surface area (Å²) in [6.07, 6.45) is 8.55. The molecular weight excluding hydrogens is 220 g/mol. The van der Waals surface area contributed by atoms with E-state index >= 15 is 0 Å². The Hall–Kier alpha value is -0.980. The van der Waals surface area contributed by atoms with Crippen LogP contribution in [0.2, 0.25) is 0 Å². The molecule has 0 spiro atoms. The second-order valence-corrected chi connectivity index (χ2v) is 5.66. The van der Waals surface area contributed by atoms with E-state index in [1.165, 1.54) is 37.7 Å². The van der Waals surface area contributed by atoms with Crippen molar-refractivity contribution in [2.24, 2.45) is 5.92 Å². The second kappa shape index (κ2) is 8.18. The van der Waals surface area contributed by atoms with Gasteiger partial charge in [0.1, 0.15) is 5.75 Å². The van der Waals surface area contributed by atoms with Gasteiger partial charge in [-0.2, -0.15) is 0 Å². The Morgan fingerprint density at radius 2 is 1.78 bits per heavy atom. The lowest BCUT2D eigenvalue weighted by Crippen LogP contribution is -1.91. The molecule has 0 amide bonds. The number of hydrogen-bond acceptors (Lipinski definition) is 1. The Morgan fingerprint density at radius 3 is 2.44 bits per heavy atom. The molecule has 1 rings (SSSR count). The number of aryl methyl sites for hydroxylation is 2. The predicted molar refractivity (Wildman–Crippen MR) is 79.1 cm³/mol. The zero-order valence-corrected chi connectivity index (χ0v) is 12.2. The number of phenols is 1. The molecule has 0 heterocycles. The smallest absolute Gasteiger partial charge is 0.118 e. The number of benzene rings is 1. The number of rotatable bonds is 8. The zero-order chi connectivity index (χ0) is 13.4. The topological polar surface area (TPSA) is 20.2 Å². The summed E-state index contributed by atoms with van der Waals surface area (Å²) in [5.74, 6) is 1.30. The molecule has 0 saturated heterocycles. The molecule has 0 saturated carbocycles. The van der Waals surface area contributed by atoms with Crippen molar-refractivity contribution < 1.29 is 5.11 Å². The summed E-state index contributed by atoms with van der Waals surface area (Å²) < 4.78 is 0. The Balaban J connectivity index is 2.26. The minimum absolute atomic E-state index is 0.467. The van der Waals surface area contributed by atoms with Crippen molar-refractivity contribution in [3.63, 3.8) is 0 Å². The van der Waals surface area contributed by atoms with Gasteiger partial charge < -0.3 is 5.11 Å². The van der Waals surface area contributed by atoms with Crippen LogP contribution < -0.4 is 0 Å². The first-order chi connectivity index (χ1) is 8.63. The van der Waals surface area contributed by atoms with Crippen molar-refractivity contribution >= 4 is 0 Å². The molecule has 102 valence electrons. The first kappa shape index (κ1) is 15.1. The van der Waals surface area contributed by atoms with Gasteiger partial charge in [-0.05, 0) is 42.4 Å². The van der Waals surface area contributed by atoms with E-state index in [2.05, 4.69) is 26.8 Å². The van der Waals surface area contributed by atoms with Crippen molar-refractivity contribution in [3.8, 4) is 5.75 Å². The van der Waals surface area contributed by atoms with Crippen LogP contribution in [0.4, 0.5) is 0 Å². The summed E-state index contributed by atoms with van der Waals surface area (Å²) in [6, 6.07) is 6.01. The minimum Gasteiger partial charge on any atom is -0.508 e. The van der Waals surface area contributed by atoms with E-state index in [1.807, 2.05) is 12.1 Å². The third-order valence-electron chi connectivity index (χ3n) is 3.53. The fraction of sp³-hybridized carbons (Fsp3) is 0.647. The molecule has 0 aliphatic rings. The summed E-state index contributed by atoms with van der Waals surface area (Å²) in [7, 11) is 0. The van der Waals surface area contributed by atoms with Crippen LogP contribution in [0.15, 0.2) is 18.2 Å². The number of phenolic OH excluding ortho intramolecular Hbond substituents is 1. The second-order valence-electron chi connectivity index (χ2n) is 5.66. The Kier molecular flexibility index (Phi) is 6.85. The monoisotopic (exact) mass is 248 g/mol. The number of unbranched alkanes of at least 4 members (excludes halogenated alkanes) is 3. The van der Waals surface area contributed by atoms with Gasteiger partial charge in [-0.3, -0.25) is 0 Å². The van der Waals surface area contributed by atoms with Gasteiger partial charge in [0.25, 0.3) is 0 Å². The maximum atomic E-state index is 9.81. The molecular formula is C17H28O. The van der Waals surface area contributed by atoms with Crippen molar-refractivity contribution in [3.05, 3.63) is 29.3 Å². The van der Waals surface area contributed by atoms with E-state index in [0.29, 0.717) is 5.75 Å². The fourth-order valence-electron chi connectivity index (χ4n) is 2.28. The summed E-state index contributed by atoms with van der Waals surface area (Å²) >= 11 is 0. The first-order valence-corrected chi connectivity index (χ1v) is 7.44. The minimum atomic E-state index is 0.467. The Bertz CT molecular complexity index is 341. The van der Waals surface area contributed by atoms with Gasteiger partial charge in [-0.1, -0.05) is 58.6 Å². The average molecular weight is 248 g/mol. The highest BCUT2D eigenvalue weighted by Crippen LogP contribution is 2.21. The highest BCUT2D eigenvalue weighted by Gasteiger charge is 2.02. The molecule has 0 radical (unpaired) electrons. The van der Waals surface area contributed by atoms with E-state index in [9.17, 15) is 5.11 Å². The summed E-state index contributed by atoms with van der Waals surface area (Å²) in [5, 5.41) is 9.81. The van der Waals surface area contributed by atoms with Crippen molar-refractivity contribution in [2.45, 2.75) is 65.7 Å². The lowest BCUT2D eigenvalue weighted by atomic mass is 10.00. The van der Waals surface area contributed by atoms with Crippen LogP contribution in [0.25, 0.3) is 0 Å². The molecule has 0 aliphatic carbocycles. The normalized spacial score (nSPS) is 11.1. The van der Waals surface area contributed by atoms with Crippen LogP contribution in [0.3, 0.4) is 0 Å². The highest BCUT2D eigenvalue weighted by atomic mass is 16.3. The molecule has 0 unspecified atom stereocenters. The number of aromatic hydroxyl groups is 1. The Labute approximate surface area is 112 Å². The van der Waals surface area contributed by atoms with E-state index < -0.39 is 0 Å². The van der Waals surface area contributed by atoms with Crippen LogP contribution in [0.1, 0.15) is 64.0 Å². The first-order valence-electron chi connectivity index (χ1n) is 7.44. The molecule has 0 fully saturated rings.